The van der Waals surface area contributed by atoms with Gasteiger partial charge in [-0.25, -0.2) is 9.07 Å². The first kappa shape index (κ1) is 17.4. The summed E-state index contributed by atoms with van der Waals surface area (Å²) in [6.45, 7) is 5.09. The average molecular weight is 360 g/mol. The lowest BCUT2D eigenvalue weighted by molar-refractivity contribution is 0.105. The van der Waals surface area contributed by atoms with Crippen LogP contribution in [0.3, 0.4) is 0 Å². The molecule has 1 N–H and O–H groups in total. The van der Waals surface area contributed by atoms with E-state index in [4.69, 9.17) is 4.74 Å². The van der Waals surface area contributed by atoms with Crippen LogP contribution in [-0.2, 0) is 0 Å². The van der Waals surface area contributed by atoms with Gasteiger partial charge in [0.15, 0.2) is 11.6 Å². The number of hydrogen-bond donors (Lipinski definition) is 1. The summed E-state index contributed by atoms with van der Waals surface area (Å²) in [5.41, 5.74) is 0.580. The van der Waals surface area contributed by atoms with E-state index in [2.05, 4.69) is 25.7 Å². The molecular formula is C18H25FN6O. The van der Waals surface area contributed by atoms with Gasteiger partial charge in [0, 0.05) is 38.3 Å². The fourth-order valence-corrected chi connectivity index (χ4v) is 3.96. The monoisotopic (exact) mass is 360 g/mol. The first-order valence-electron chi connectivity index (χ1n) is 9.40. The standard InChI is InChI=1S/C18H25FN6O/c19-17-11-16(25-13-21-22-23-25)5-6-18(17)26-12-14-1-3-15(4-2-14)24-9-7-20-8-10-24/h5-6,11,13-15,20H,1-4,7-10,12H2. The number of tetrazole rings is 1. The number of rotatable bonds is 5. The Labute approximate surface area is 152 Å². The number of hydrogen-bond acceptors (Lipinski definition) is 6. The fraction of sp³-hybridized carbons (Fsp3) is 0.611. The Bertz CT molecular complexity index is 696. The quantitative estimate of drug-likeness (QED) is 0.874. The molecule has 2 aromatic rings. The van der Waals surface area contributed by atoms with E-state index in [-0.39, 0.29) is 5.82 Å². The van der Waals surface area contributed by atoms with E-state index in [0.29, 0.717) is 30.0 Å². The molecule has 0 bridgehead atoms. The van der Waals surface area contributed by atoms with Crippen LogP contribution in [0.15, 0.2) is 24.5 Å². The maximum Gasteiger partial charge on any atom is 0.167 e. The molecule has 1 aromatic carbocycles. The van der Waals surface area contributed by atoms with Crippen LogP contribution in [0.4, 0.5) is 4.39 Å². The van der Waals surface area contributed by atoms with E-state index in [9.17, 15) is 4.39 Å². The number of nitrogens with one attached hydrogen (secondary N) is 1. The van der Waals surface area contributed by atoms with Gasteiger partial charge in [0.05, 0.1) is 12.3 Å². The SMILES string of the molecule is Fc1cc(-n2cnnn2)ccc1OCC1CCC(N2CCNCC2)CC1. The molecule has 0 spiro atoms. The molecule has 1 aromatic heterocycles. The molecule has 1 saturated carbocycles. The minimum atomic E-state index is -0.382. The highest BCUT2D eigenvalue weighted by Gasteiger charge is 2.27. The zero-order valence-corrected chi connectivity index (χ0v) is 14.9. The minimum absolute atomic E-state index is 0.297. The lowest BCUT2D eigenvalue weighted by Crippen LogP contribution is -2.49. The molecule has 1 aliphatic heterocycles. The molecule has 1 aliphatic carbocycles. The van der Waals surface area contributed by atoms with Crippen LogP contribution < -0.4 is 10.1 Å². The third-order valence-electron chi connectivity index (χ3n) is 5.49. The van der Waals surface area contributed by atoms with Crippen molar-refractivity contribution in [3.05, 3.63) is 30.3 Å². The van der Waals surface area contributed by atoms with Crippen molar-refractivity contribution in [2.75, 3.05) is 32.8 Å². The third-order valence-corrected chi connectivity index (χ3v) is 5.49. The maximum absolute atomic E-state index is 14.3. The summed E-state index contributed by atoms with van der Waals surface area (Å²) in [7, 11) is 0. The molecular weight excluding hydrogens is 335 g/mol. The maximum atomic E-state index is 14.3. The predicted molar refractivity (Wildman–Crippen MR) is 94.8 cm³/mol. The molecule has 2 fully saturated rings. The highest BCUT2D eigenvalue weighted by Crippen LogP contribution is 2.29. The van der Waals surface area contributed by atoms with Gasteiger partial charge in [-0.05, 0) is 54.2 Å². The number of piperazine rings is 1. The van der Waals surface area contributed by atoms with Gasteiger partial charge in [0.2, 0.25) is 0 Å². The largest absolute Gasteiger partial charge is 0.490 e. The highest BCUT2D eigenvalue weighted by molar-refractivity contribution is 5.37. The zero-order valence-electron chi connectivity index (χ0n) is 14.9. The Kier molecular flexibility index (Phi) is 5.40. The molecule has 4 rings (SSSR count). The molecule has 2 heterocycles. The van der Waals surface area contributed by atoms with E-state index in [1.165, 1.54) is 29.9 Å². The Balaban J connectivity index is 1.27. The second-order valence-corrected chi connectivity index (χ2v) is 7.14. The van der Waals surface area contributed by atoms with Crippen molar-refractivity contribution in [3.8, 4) is 11.4 Å². The number of nitrogens with zero attached hydrogens (tertiary/aromatic N) is 5. The lowest BCUT2D eigenvalue weighted by Gasteiger charge is -2.39. The van der Waals surface area contributed by atoms with Crippen molar-refractivity contribution >= 4 is 0 Å². The zero-order chi connectivity index (χ0) is 17.8. The Morgan fingerprint density at radius 2 is 1.96 bits per heavy atom. The number of ether oxygens (including phenoxy) is 1. The van der Waals surface area contributed by atoms with Crippen LogP contribution in [0.5, 0.6) is 5.75 Å². The summed E-state index contributed by atoms with van der Waals surface area (Å²) < 4.78 is 21.5. The number of halogens is 1. The predicted octanol–water partition coefficient (Wildman–Crippen LogP) is 1.64. The van der Waals surface area contributed by atoms with Gasteiger partial charge in [-0.15, -0.1) is 5.10 Å². The van der Waals surface area contributed by atoms with Crippen molar-refractivity contribution in [2.45, 2.75) is 31.7 Å². The van der Waals surface area contributed by atoms with Gasteiger partial charge >= 0.3 is 0 Å². The van der Waals surface area contributed by atoms with E-state index >= 15 is 0 Å². The van der Waals surface area contributed by atoms with Gasteiger partial charge in [0.1, 0.15) is 6.33 Å². The summed E-state index contributed by atoms with van der Waals surface area (Å²) >= 11 is 0. The molecule has 1 saturated heterocycles. The van der Waals surface area contributed by atoms with Crippen molar-refractivity contribution < 1.29 is 9.13 Å². The molecule has 7 nitrogen and oxygen atoms in total. The van der Waals surface area contributed by atoms with Gasteiger partial charge in [-0.1, -0.05) is 0 Å². The molecule has 0 unspecified atom stereocenters. The Morgan fingerprint density at radius 1 is 1.15 bits per heavy atom. The lowest BCUT2D eigenvalue weighted by atomic mass is 9.85. The van der Waals surface area contributed by atoms with Crippen molar-refractivity contribution in [3.63, 3.8) is 0 Å². The summed E-state index contributed by atoms with van der Waals surface area (Å²) in [6.07, 6.45) is 6.17. The van der Waals surface area contributed by atoms with Gasteiger partial charge in [-0.3, -0.25) is 4.90 Å². The van der Waals surface area contributed by atoms with Crippen LogP contribution in [0.25, 0.3) is 5.69 Å². The fourth-order valence-electron chi connectivity index (χ4n) is 3.96. The summed E-state index contributed by atoms with van der Waals surface area (Å²) in [6, 6.07) is 5.52. The van der Waals surface area contributed by atoms with Crippen molar-refractivity contribution in [1.29, 1.82) is 0 Å². The second-order valence-electron chi connectivity index (χ2n) is 7.14. The minimum Gasteiger partial charge on any atom is -0.490 e. The average Bonchev–Trinajstić information content (AvgIpc) is 3.23. The van der Waals surface area contributed by atoms with Crippen LogP contribution in [0, 0.1) is 11.7 Å². The van der Waals surface area contributed by atoms with Gasteiger partial charge in [0.25, 0.3) is 0 Å². The summed E-state index contributed by atoms with van der Waals surface area (Å²) in [4.78, 5) is 2.62. The van der Waals surface area contributed by atoms with E-state index in [1.54, 1.807) is 12.1 Å². The smallest absolute Gasteiger partial charge is 0.167 e. The van der Waals surface area contributed by atoms with E-state index in [1.807, 2.05) is 0 Å². The molecule has 2 aliphatic rings. The second kappa shape index (κ2) is 8.09. The molecule has 140 valence electrons. The summed E-state index contributed by atoms with van der Waals surface area (Å²) in [5.74, 6) is 0.423. The number of benzene rings is 1. The summed E-state index contributed by atoms with van der Waals surface area (Å²) in [5, 5.41) is 14.3. The molecule has 8 heteroatoms. The van der Waals surface area contributed by atoms with Crippen LogP contribution in [0.1, 0.15) is 25.7 Å². The normalized spacial score (nSPS) is 24.5. The Morgan fingerprint density at radius 3 is 2.65 bits per heavy atom. The molecule has 0 radical (unpaired) electrons. The van der Waals surface area contributed by atoms with Crippen molar-refractivity contribution in [2.24, 2.45) is 5.92 Å². The molecule has 0 atom stereocenters. The van der Waals surface area contributed by atoms with Gasteiger partial charge in [-0.2, -0.15) is 0 Å². The topological polar surface area (TPSA) is 68.1 Å². The van der Waals surface area contributed by atoms with Crippen LogP contribution in [-0.4, -0.2) is 63.9 Å². The van der Waals surface area contributed by atoms with Crippen LogP contribution in [0.2, 0.25) is 0 Å². The van der Waals surface area contributed by atoms with E-state index in [0.717, 1.165) is 39.0 Å². The van der Waals surface area contributed by atoms with E-state index < -0.39 is 0 Å². The molecule has 0 amide bonds. The Hall–Kier alpha value is -2.06. The van der Waals surface area contributed by atoms with Gasteiger partial charge < -0.3 is 10.1 Å². The van der Waals surface area contributed by atoms with Crippen LogP contribution >= 0.6 is 0 Å². The highest BCUT2D eigenvalue weighted by atomic mass is 19.1. The first-order valence-corrected chi connectivity index (χ1v) is 9.40. The first-order chi connectivity index (χ1) is 12.8. The van der Waals surface area contributed by atoms with Crippen molar-refractivity contribution in [1.82, 2.24) is 30.4 Å². The third kappa shape index (κ3) is 4.02. The molecule has 26 heavy (non-hydrogen) atoms. The number of aromatic nitrogens is 4.